The van der Waals surface area contributed by atoms with E-state index in [1.165, 1.54) is 0 Å². The van der Waals surface area contributed by atoms with Gasteiger partial charge in [0.05, 0.1) is 18.1 Å². The van der Waals surface area contributed by atoms with Crippen molar-refractivity contribution < 1.29 is 9.53 Å². The van der Waals surface area contributed by atoms with Gasteiger partial charge in [-0.2, -0.15) is 0 Å². The SMILES string of the molecule is CC1(C(=O)NC2CCCOC2)CCCNC1.Cl. The summed E-state index contributed by atoms with van der Waals surface area (Å²) in [5.74, 6) is 0.190. The molecule has 1 amide bonds. The highest BCUT2D eigenvalue weighted by molar-refractivity contribution is 5.85. The van der Waals surface area contributed by atoms with E-state index in [2.05, 4.69) is 17.6 Å². The number of ether oxygens (including phenoxy) is 1. The van der Waals surface area contributed by atoms with Crippen LogP contribution in [-0.4, -0.2) is 38.3 Å². The zero-order valence-electron chi connectivity index (χ0n) is 10.5. The van der Waals surface area contributed by atoms with Crippen molar-refractivity contribution in [3.8, 4) is 0 Å². The molecule has 0 spiro atoms. The maximum absolute atomic E-state index is 12.2. The molecule has 0 bridgehead atoms. The van der Waals surface area contributed by atoms with Crippen molar-refractivity contribution in [2.24, 2.45) is 5.41 Å². The highest BCUT2D eigenvalue weighted by Crippen LogP contribution is 2.26. The molecule has 2 aliphatic heterocycles. The molecular weight excluding hydrogens is 240 g/mol. The molecule has 5 heteroatoms. The van der Waals surface area contributed by atoms with Gasteiger partial charge < -0.3 is 15.4 Å². The fourth-order valence-electron chi connectivity index (χ4n) is 2.46. The fraction of sp³-hybridized carbons (Fsp3) is 0.917. The van der Waals surface area contributed by atoms with Crippen LogP contribution >= 0.6 is 12.4 Å². The van der Waals surface area contributed by atoms with Gasteiger partial charge in [0.25, 0.3) is 0 Å². The third-order valence-corrected chi connectivity index (χ3v) is 3.64. The van der Waals surface area contributed by atoms with Crippen LogP contribution < -0.4 is 10.6 Å². The summed E-state index contributed by atoms with van der Waals surface area (Å²) >= 11 is 0. The molecule has 0 aromatic heterocycles. The molecule has 2 heterocycles. The monoisotopic (exact) mass is 262 g/mol. The maximum atomic E-state index is 12.2. The number of carbonyl (C=O) groups excluding carboxylic acids is 1. The van der Waals surface area contributed by atoms with Crippen LogP contribution in [0, 0.1) is 5.41 Å². The van der Waals surface area contributed by atoms with Crippen molar-refractivity contribution in [1.29, 1.82) is 0 Å². The molecule has 17 heavy (non-hydrogen) atoms. The van der Waals surface area contributed by atoms with Gasteiger partial charge in [-0.3, -0.25) is 4.79 Å². The van der Waals surface area contributed by atoms with Gasteiger partial charge in [0, 0.05) is 13.2 Å². The van der Waals surface area contributed by atoms with E-state index in [9.17, 15) is 4.79 Å². The van der Waals surface area contributed by atoms with Crippen LogP contribution in [0.3, 0.4) is 0 Å². The van der Waals surface area contributed by atoms with Crippen LogP contribution in [0.1, 0.15) is 32.6 Å². The van der Waals surface area contributed by atoms with Gasteiger partial charge in [0.1, 0.15) is 0 Å². The summed E-state index contributed by atoms with van der Waals surface area (Å²) < 4.78 is 5.37. The van der Waals surface area contributed by atoms with Crippen LogP contribution in [0.25, 0.3) is 0 Å². The average Bonchev–Trinajstić information content (AvgIpc) is 2.31. The lowest BCUT2D eigenvalue weighted by Gasteiger charge is -2.35. The molecule has 2 saturated heterocycles. The smallest absolute Gasteiger partial charge is 0.227 e. The lowest BCUT2D eigenvalue weighted by molar-refractivity contribution is -0.132. The molecule has 2 unspecified atom stereocenters. The average molecular weight is 263 g/mol. The Balaban J connectivity index is 0.00000144. The Hall–Kier alpha value is -0.320. The second kappa shape index (κ2) is 6.57. The molecule has 100 valence electrons. The summed E-state index contributed by atoms with van der Waals surface area (Å²) in [6, 6.07) is 0.222. The molecule has 0 aromatic rings. The van der Waals surface area contributed by atoms with E-state index < -0.39 is 0 Å². The topological polar surface area (TPSA) is 50.4 Å². The number of halogens is 1. The van der Waals surface area contributed by atoms with E-state index in [1.807, 2.05) is 0 Å². The standard InChI is InChI=1S/C12H22N2O2.ClH/c1-12(5-3-6-13-9-12)11(15)14-10-4-2-7-16-8-10;/h10,13H,2-9H2,1H3,(H,14,15);1H. The third-order valence-electron chi connectivity index (χ3n) is 3.64. The minimum Gasteiger partial charge on any atom is -0.379 e. The van der Waals surface area contributed by atoms with Crippen LogP contribution in [-0.2, 0) is 9.53 Å². The lowest BCUT2D eigenvalue weighted by atomic mass is 9.81. The molecule has 2 fully saturated rings. The van der Waals surface area contributed by atoms with Crippen molar-refractivity contribution >= 4 is 18.3 Å². The first kappa shape index (κ1) is 14.7. The Kier molecular flexibility index (Phi) is 5.70. The highest BCUT2D eigenvalue weighted by atomic mass is 35.5. The summed E-state index contributed by atoms with van der Waals surface area (Å²) in [5.41, 5.74) is -0.226. The van der Waals surface area contributed by atoms with Gasteiger partial charge in [0.2, 0.25) is 5.91 Å². The zero-order chi connectivity index (χ0) is 11.4. The molecule has 2 aliphatic rings. The zero-order valence-corrected chi connectivity index (χ0v) is 11.3. The van der Waals surface area contributed by atoms with Gasteiger partial charge in [-0.1, -0.05) is 0 Å². The Morgan fingerprint density at radius 3 is 2.88 bits per heavy atom. The summed E-state index contributed by atoms with van der Waals surface area (Å²) in [6.45, 7) is 5.40. The van der Waals surface area contributed by atoms with Gasteiger partial charge in [0.15, 0.2) is 0 Å². The second-order valence-corrected chi connectivity index (χ2v) is 5.23. The van der Waals surface area contributed by atoms with Gasteiger partial charge in [-0.25, -0.2) is 0 Å². The first-order chi connectivity index (χ1) is 7.71. The largest absolute Gasteiger partial charge is 0.379 e. The predicted molar refractivity (Wildman–Crippen MR) is 69.4 cm³/mol. The van der Waals surface area contributed by atoms with E-state index in [-0.39, 0.29) is 29.8 Å². The second-order valence-electron chi connectivity index (χ2n) is 5.23. The molecule has 2 atom stereocenters. The molecule has 4 nitrogen and oxygen atoms in total. The number of hydrogen-bond donors (Lipinski definition) is 2. The van der Waals surface area contributed by atoms with Gasteiger partial charge in [-0.15, -0.1) is 12.4 Å². The Labute approximate surface area is 109 Å². The van der Waals surface area contributed by atoms with E-state index in [0.29, 0.717) is 6.61 Å². The predicted octanol–water partition coefficient (Wildman–Crippen LogP) is 1.09. The fourth-order valence-corrected chi connectivity index (χ4v) is 2.46. The van der Waals surface area contributed by atoms with E-state index in [0.717, 1.165) is 45.4 Å². The number of piperidine rings is 1. The summed E-state index contributed by atoms with van der Waals surface area (Å²) in [4.78, 5) is 12.2. The quantitative estimate of drug-likeness (QED) is 0.783. The van der Waals surface area contributed by atoms with Crippen LogP contribution in [0.2, 0.25) is 0 Å². The van der Waals surface area contributed by atoms with E-state index in [4.69, 9.17) is 4.74 Å². The number of hydrogen-bond acceptors (Lipinski definition) is 3. The van der Waals surface area contributed by atoms with Crippen LogP contribution in [0.5, 0.6) is 0 Å². The minimum atomic E-state index is -0.226. The van der Waals surface area contributed by atoms with Gasteiger partial charge >= 0.3 is 0 Å². The number of amides is 1. The third kappa shape index (κ3) is 3.83. The summed E-state index contributed by atoms with van der Waals surface area (Å²) in [5, 5.41) is 6.43. The number of nitrogens with one attached hydrogen (secondary N) is 2. The van der Waals surface area contributed by atoms with Crippen molar-refractivity contribution in [2.45, 2.75) is 38.6 Å². The normalized spacial score (nSPS) is 33.6. The molecule has 0 aromatic carbocycles. The first-order valence-electron chi connectivity index (χ1n) is 6.30. The first-order valence-corrected chi connectivity index (χ1v) is 6.30. The van der Waals surface area contributed by atoms with Crippen molar-refractivity contribution in [3.05, 3.63) is 0 Å². The van der Waals surface area contributed by atoms with Crippen molar-refractivity contribution in [2.75, 3.05) is 26.3 Å². The number of rotatable bonds is 2. The molecular formula is C12H23ClN2O2. The Morgan fingerprint density at radius 1 is 1.47 bits per heavy atom. The van der Waals surface area contributed by atoms with Crippen LogP contribution in [0.15, 0.2) is 0 Å². The Bertz CT molecular complexity index is 249. The molecule has 2 N–H and O–H groups in total. The van der Waals surface area contributed by atoms with Crippen molar-refractivity contribution in [1.82, 2.24) is 10.6 Å². The molecule has 0 radical (unpaired) electrons. The minimum absolute atomic E-state index is 0. The van der Waals surface area contributed by atoms with Gasteiger partial charge in [-0.05, 0) is 39.2 Å². The summed E-state index contributed by atoms with van der Waals surface area (Å²) in [7, 11) is 0. The molecule has 0 aliphatic carbocycles. The summed E-state index contributed by atoms with van der Waals surface area (Å²) in [6.07, 6.45) is 4.18. The number of carbonyl (C=O) groups is 1. The Morgan fingerprint density at radius 2 is 2.29 bits per heavy atom. The maximum Gasteiger partial charge on any atom is 0.227 e. The van der Waals surface area contributed by atoms with E-state index in [1.54, 1.807) is 0 Å². The van der Waals surface area contributed by atoms with E-state index >= 15 is 0 Å². The molecule has 0 saturated carbocycles. The molecule has 2 rings (SSSR count). The van der Waals surface area contributed by atoms with Crippen molar-refractivity contribution in [3.63, 3.8) is 0 Å². The van der Waals surface area contributed by atoms with Crippen LogP contribution in [0.4, 0.5) is 0 Å². The highest BCUT2D eigenvalue weighted by Gasteiger charge is 2.35. The lowest BCUT2D eigenvalue weighted by Crippen LogP contribution is -2.52.